The first kappa shape index (κ1) is 13.3. The molecule has 0 aliphatic rings. The molecular formula is C10H13N5O3S. The summed E-state index contributed by atoms with van der Waals surface area (Å²) in [5.41, 5.74) is 0.956. The Labute approximate surface area is 109 Å². The van der Waals surface area contributed by atoms with Crippen molar-refractivity contribution in [3.8, 4) is 0 Å². The van der Waals surface area contributed by atoms with Gasteiger partial charge in [-0.1, -0.05) is 0 Å². The largest absolute Gasteiger partial charge is 0.345 e. The van der Waals surface area contributed by atoms with Gasteiger partial charge in [0, 0.05) is 19.4 Å². The Bertz CT molecular complexity index is 687. The highest BCUT2D eigenvalue weighted by Gasteiger charge is 2.17. The Morgan fingerprint density at radius 2 is 2.32 bits per heavy atom. The summed E-state index contributed by atoms with van der Waals surface area (Å²) in [6, 6.07) is 2.96. The zero-order valence-corrected chi connectivity index (χ0v) is 10.9. The van der Waals surface area contributed by atoms with Crippen LogP contribution in [0.2, 0.25) is 0 Å². The maximum Gasteiger partial charge on any atom is 0.268 e. The van der Waals surface area contributed by atoms with Crippen LogP contribution in [-0.2, 0) is 23.6 Å². The molecule has 2 aromatic rings. The van der Waals surface area contributed by atoms with Crippen molar-refractivity contribution in [2.45, 2.75) is 11.4 Å². The third-order valence-corrected chi connectivity index (χ3v) is 3.42. The second-order valence-electron chi connectivity index (χ2n) is 3.98. The average Bonchev–Trinajstić information content (AvgIpc) is 2.93. The summed E-state index contributed by atoms with van der Waals surface area (Å²) in [7, 11) is -2.24. The van der Waals surface area contributed by atoms with E-state index in [2.05, 4.69) is 15.5 Å². The van der Waals surface area contributed by atoms with Crippen LogP contribution in [0.3, 0.4) is 0 Å². The van der Waals surface area contributed by atoms with Crippen molar-refractivity contribution >= 4 is 15.9 Å². The molecule has 9 heteroatoms. The minimum absolute atomic E-state index is 0.0957. The van der Waals surface area contributed by atoms with Crippen molar-refractivity contribution in [2.24, 2.45) is 12.2 Å². The number of hydrogen-bond donors (Lipinski definition) is 3. The lowest BCUT2D eigenvalue weighted by atomic mass is 10.3. The maximum atomic E-state index is 11.9. The number of amides is 1. The van der Waals surface area contributed by atoms with Gasteiger partial charge in [-0.3, -0.25) is 9.89 Å². The monoisotopic (exact) mass is 283 g/mol. The predicted octanol–water partition coefficient (Wildman–Crippen LogP) is -0.674. The zero-order chi connectivity index (χ0) is 14.0. The molecule has 0 fully saturated rings. The molecule has 1 amide bonds. The maximum absolute atomic E-state index is 11.9. The second kappa shape index (κ2) is 4.86. The van der Waals surface area contributed by atoms with Gasteiger partial charge < -0.3 is 9.88 Å². The molecule has 0 atom stereocenters. The van der Waals surface area contributed by atoms with Crippen LogP contribution in [0.25, 0.3) is 0 Å². The number of nitrogens with zero attached hydrogens (tertiary/aromatic N) is 2. The Balaban J connectivity index is 2.13. The number of nitrogens with one attached hydrogen (secondary N) is 2. The number of carbonyl (C=O) groups is 1. The van der Waals surface area contributed by atoms with Crippen LogP contribution in [0.1, 0.15) is 16.2 Å². The third kappa shape index (κ3) is 3.01. The number of aryl methyl sites for hydroxylation is 1. The van der Waals surface area contributed by atoms with Crippen molar-refractivity contribution in [1.29, 1.82) is 0 Å². The van der Waals surface area contributed by atoms with Crippen molar-refractivity contribution < 1.29 is 13.2 Å². The van der Waals surface area contributed by atoms with E-state index >= 15 is 0 Å². The number of nitrogens with two attached hydrogens (primary N) is 1. The molecule has 2 rings (SSSR count). The van der Waals surface area contributed by atoms with Gasteiger partial charge in [0.25, 0.3) is 5.91 Å². The summed E-state index contributed by atoms with van der Waals surface area (Å²) < 4.78 is 23.8. The summed E-state index contributed by atoms with van der Waals surface area (Å²) in [6.07, 6.45) is 2.86. The van der Waals surface area contributed by atoms with E-state index < -0.39 is 15.9 Å². The van der Waals surface area contributed by atoms with E-state index in [0.717, 1.165) is 5.69 Å². The van der Waals surface area contributed by atoms with Gasteiger partial charge in [-0.05, 0) is 12.1 Å². The summed E-state index contributed by atoms with van der Waals surface area (Å²) >= 11 is 0. The van der Waals surface area contributed by atoms with E-state index in [0.29, 0.717) is 0 Å². The van der Waals surface area contributed by atoms with Crippen molar-refractivity contribution in [3.05, 3.63) is 35.9 Å². The van der Waals surface area contributed by atoms with E-state index in [1.807, 2.05) is 0 Å². The molecule has 0 unspecified atom stereocenters. The van der Waals surface area contributed by atoms with Gasteiger partial charge in [0.2, 0.25) is 10.0 Å². The average molecular weight is 283 g/mol. The Hall–Kier alpha value is -2.13. The molecule has 0 aliphatic carbocycles. The summed E-state index contributed by atoms with van der Waals surface area (Å²) in [5.74, 6) is -0.396. The first-order chi connectivity index (χ1) is 8.88. The molecule has 8 nitrogen and oxygen atoms in total. The second-order valence-corrected chi connectivity index (χ2v) is 5.54. The minimum Gasteiger partial charge on any atom is -0.345 e. The zero-order valence-electron chi connectivity index (χ0n) is 10.1. The molecule has 0 saturated carbocycles. The van der Waals surface area contributed by atoms with Crippen LogP contribution in [0.4, 0.5) is 0 Å². The molecule has 19 heavy (non-hydrogen) atoms. The van der Waals surface area contributed by atoms with E-state index in [9.17, 15) is 13.2 Å². The van der Waals surface area contributed by atoms with Gasteiger partial charge in [-0.25, -0.2) is 13.6 Å². The quantitative estimate of drug-likeness (QED) is 0.688. The lowest BCUT2D eigenvalue weighted by molar-refractivity contribution is 0.0942. The third-order valence-electron chi connectivity index (χ3n) is 2.54. The molecule has 102 valence electrons. The molecule has 2 heterocycles. The smallest absolute Gasteiger partial charge is 0.268 e. The molecule has 0 aliphatic heterocycles. The minimum atomic E-state index is -3.81. The van der Waals surface area contributed by atoms with Gasteiger partial charge in [-0.15, -0.1) is 0 Å². The molecule has 0 saturated heterocycles. The predicted molar refractivity (Wildman–Crippen MR) is 66.5 cm³/mol. The number of sulfonamides is 1. The topological polar surface area (TPSA) is 123 Å². The van der Waals surface area contributed by atoms with Crippen LogP contribution >= 0.6 is 0 Å². The Kier molecular flexibility index (Phi) is 3.40. The van der Waals surface area contributed by atoms with Gasteiger partial charge in [0.15, 0.2) is 0 Å². The van der Waals surface area contributed by atoms with Crippen molar-refractivity contribution in [1.82, 2.24) is 20.1 Å². The van der Waals surface area contributed by atoms with Crippen molar-refractivity contribution in [2.75, 3.05) is 0 Å². The summed E-state index contributed by atoms with van der Waals surface area (Å²) in [4.78, 5) is 11.8. The standard InChI is InChI=1S/C10H13N5O3S/c1-15-6-8(19(11,17)18)4-9(15)10(16)12-5-7-2-3-13-14-7/h2-4,6H,5H2,1H3,(H,12,16)(H,13,14)(H2,11,17,18). The van der Waals surface area contributed by atoms with Crippen LogP contribution in [0, 0.1) is 0 Å². The van der Waals surface area contributed by atoms with Crippen LogP contribution in [0.5, 0.6) is 0 Å². The molecule has 2 aromatic heterocycles. The van der Waals surface area contributed by atoms with Gasteiger partial charge in [0.05, 0.1) is 12.2 Å². The van der Waals surface area contributed by atoms with E-state index in [1.165, 1.54) is 16.8 Å². The normalized spacial score (nSPS) is 11.5. The SMILES string of the molecule is Cn1cc(S(N)(=O)=O)cc1C(=O)NCc1ccn[nH]1. The van der Waals surface area contributed by atoms with Crippen LogP contribution in [0.15, 0.2) is 29.4 Å². The number of primary sulfonamides is 1. The molecule has 0 aromatic carbocycles. The highest BCUT2D eigenvalue weighted by atomic mass is 32.2. The Morgan fingerprint density at radius 1 is 1.58 bits per heavy atom. The fourth-order valence-corrected chi connectivity index (χ4v) is 2.15. The van der Waals surface area contributed by atoms with E-state index in [1.54, 1.807) is 19.3 Å². The molecule has 0 bridgehead atoms. The summed E-state index contributed by atoms with van der Waals surface area (Å²) in [6.45, 7) is 0.273. The summed E-state index contributed by atoms with van der Waals surface area (Å²) in [5, 5.41) is 14.1. The highest BCUT2D eigenvalue weighted by molar-refractivity contribution is 7.89. The molecule has 0 spiro atoms. The number of H-pyrrole nitrogens is 1. The fourth-order valence-electron chi connectivity index (χ4n) is 1.56. The molecule has 4 N–H and O–H groups in total. The first-order valence-electron chi connectivity index (χ1n) is 5.33. The van der Waals surface area contributed by atoms with E-state index in [4.69, 9.17) is 5.14 Å². The van der Waals surface area contributed by atoms with Gasteiger partial charge >= 0.3 is 0 Å². The van der Waals surface area contributed by atoms with Crippen LogP contribution < -0.4 is 10.5 Å². The molecule has 0 radical (unpaired) electrons. The van der Waals surface area contributed by atoms with Crippen LogP contribution in [-0.4, -0.2) is 29.1 Å². The molecular weight excluding hydrogens is 270 g/mol. The Morgan fingerprint density at radius 3 is 2.84 bits per heavy atom. The number of aromatic amines is 1. The van der Waals surface area contributed by atoms with Crippen molar-refractivity contribution in [3.63, 3.8) is 0 Å². The lowest BCUT2D eigenvalue weighted by Crippen LogP contribution is -2.24. The highest BCUT2D eigenvalue weighted by Crippen LogP contribution is 2.11. The lowest BCUT2D eigenvalue weighted by Gasteiger charge is -2.04. The van der Waals surface area contributed by atoms with E-state index in [-0.39, 0.29) is 17.1 Å². The number of carbonyl (C=O) groups excluding carboxylic acids is 1. The first-order valence-corrected chi connectivity index (χ1v) is 6.88. The number of hydrogen-bond acceptors (Lipinski definition) is 4. The van der Waals surface area contributed by atoms with Gasteiger partial charge in [0.1, 0.15) is 10.6 Å². The number of rotatable bonds is 4. The van der Waals surface area contributed by atoms with Gasteiger partial charge in [-0.2, -0.15) is 5.10 Å². The number of aromatic nitrogens is 3. The fraction of sp³-hybridized carbons (Fsp3) is 0.200.